The van der Waals surface area contributed by atoms with Gasteiger partial charge < -0.3 is 11.1 Å². The van der Waals surface area contributed by atoms with Crippen LogP contribution in [-0.4, -0.2) is 28.6 Å². The molecule has 6 heteroatoms. The highest BCUT2D eigenvalue weighted by Crippen LogP contribution is 2.19. The largest absolute Gasteiger partial charge is 0.364 e. The first kappa shape index (κ1) is 20.4. The monoisotopic (exact) mass is 318 g/mol. The van der Waals surface area contributed by atoms with E-state index in [1.165, 1.54) is 17.8 Å². The molecule has 0 spiro atoms. The summed E-state index contributed by atoms with van der Waals surface area (Å²) in [5, 5.41) is 6.65. The van der Waals surface area contributed by atoms with Crippen molar-refractivity contribution < 1.29 is 9.59 Å². The maximum Gasteiger partial charge on any atom is 0.271 e. The molecule has 0 fully saturated rings. The van der Waals surface area contributed by atoms with Crippen molar-refractivity contribution in [2.24, 2.45) is 5.73 Å². The number of hydrogen-bond acceptors (Lipinski definition) is 3. The zero-order valence-electron chi connectivity index (χ0n) is 13.3. The Morgan fingerprint density at radius 3 is 2.26 bits per heavy atom. The van der Waals surface area contributed by atoms with Crippen molar-refractivity contribution in [3.05, 3.63) is 53.3 Å². The second-order valence-electron chi connectivity index (χ2n) is 4.39. The van der Waals surface area contributed by atoms with Gasteiger partial charge in [0.1, 0.15) is 5.69 Å². The zero-order chi connectivity index (χ0) is 16.7. The summed E-state index contributed by atoms with van der Waals surface area (Å²) in [7, 11) is 1.51. The van der Waals surface area contributed by atoms with E-state index in [1.54, 1.807) is 0 Å². The Kier molecular flexibility index (Phi) is 8.33. The molecule has 1 aromatic heterocycles. The molecule has 1 aromatic carbocycles. The van der Waals surface area contributed by atoms with E-state index in [1.807, 2.05) is 51.1 Å². The van der Waals surface area contributed by atoms with E-state index in [0.29, 0.717) is 0 Å². The molecule has 0 aliphatic carbocycles. The molecule has 1 atom stereocenters. The number of primary amides is 1. The molecular formula is C17H26N4O2. The summed E-state index contributed by atoms with van der Waals surface area (Å²) in [4.78, 5) is 23.1. The molecular weight excluding hydrogens is 292 g/mol. The number of aromatic nitrogens is 2. The van der Waals surface area contributed by atoms with Gasteiger partial charge in [-0.2, -0.15) is 5.10 Å². The highest BCUT2D eigenvalue weighted by Gasteiger charge is 2.20. The van der Waals surface area contributed by atoms with Crippen molar-refractivity contribution in [1.29, 1.82) is 0 Å². The van der Waals surface area contributed by atoms with E-state index < -0.39 is 5.91 Å². The van der Waals surface area contributed by atoms with E-state index in [9.17, 15) is 9.59 Å². The van der Waals surface area contributed by atoms with E-state index in [2.05, 4.69) is 10.4 Å². The second kappa shape index (κ2) is 9.40. The van der Waals surface area contributed by atoms with E-state index in [0.717, 1.165) is 5.56 Å². The van der Waals surface area contributed by atoms with Gasteiger partial charge in [-0.3, -0.25) is 14.3 Å². The Labute approximate surface area is 137 Å². The molecule has 6 nitrogen and oxygen atoms in total. The highest BCUT2D eigenvalue weighted by molar-refractivity contribution is 5.97. The number of carbonyl (C=O) groups is 2. The Morgan fingerprint density at radius 2 is 1.78 bits per heavy atom. The quantitative estimate of drug-likeness (QED) is 0.908. The average Bonchev–Trinajstić information content (AvgIpc) is 3.01. The molecule has 3 N–H and O–H groups in total. The van der Waals surface area contributed by atoms with E-state index in [4.69, 9.17) is 5.73 Å². The molecule has 2 amide bonds. The summed E-state index contributed by atoms with van der Waals surface area (Å²) in [6.45, 7) is 5.89. The lowest BCUT2D eigenvalue weighted by molar-refractivity contribution is 0.0955. The number of carbonyl (C=O) groups excluding carboxylic acids is 2. The van der Waals surface area contributed by atoms with Gasteiger partial charge in [-0.15, -0.1) is 0 Å². The Bertz CT molecular complexity index is 635. The molecule has 1 heterocycles. The molecule has 0 bridgehead atoms. The lowest BCUT2D eigenvalue weighted by Crippen LogP contribution is -2.21. The predicted octanol–water partition coefficient (Wildman–Crippen LogP) is 2.61. The molecule has 0 radical (unpaired) electrons. The van der Waals surface area contributed by atoms with Gasteiger partial charge in [-0.1, -0.05) is 51.6 Å². The molecule has 0 aliphatic rings. The fourth-order valence-corrected chi connectivity index (χ4v) is 1.99. The first-order valence-electron chi connectivity index (χ1n) is 7.21. The van der Waals surface area contributed by atoms with Gasteiger partial charge >= 0.3 is 0 Å². The van der Waals surface area contributed by atoms with Crippen LogP contribution in [0.3, 0.4) is 0 Å². The van der Waals surface area contributed by atoms with Gasteiger partial charge in [0.15, 0.2) is 5.69 Å². The average molecular weight is 318 g/mol. The van der Waals surface area contributed by atoms with Gasteiger partial charge in [-0.25, -0.2) is 0 Å². The minimum absolute atomic E-state index is 0. The number of hydrogen-bond donors (Lipinski definition) is 2. The van der Waals surface area contributed by atoms with Crippen molar-refractivity contribution in [1.82, 2.24) is 15.1 Å². The van der Waals surface area contributed by atoms with Gasteiger partial charge in [0.2, 0.25) is 0 Å². The van der Waals surface area contributed by atoms with Crippen LogP contribution in [-0.2, 0) is 0 Å². The number of nitrogens with two attached hydrogens (primary N) is 1. The Hall–Kier alpha value is -2.63. The fraction of sp³-hybridized carbons (Fsp3) is 0.353. The van der Waals surface area contributed by atoms with E-state index in [-0.39, 0.29) is 30.8 Å². The maximum absolute atomic E-state index is 11.6. The third-order valence-corrected chi connectivity index (χ3v) is 3.10. The van der Waals surface area contributed by atoms with Gasteiger partial charge in [-0.05, 0) is 12.5 Å². The van der Waals surface area contributed by atoms with Crippen LogP contribution in [0, 0.1) is 0 Å². The SMILES string of the molecule is C.CC.CNC(=O)c1cc(C(N)=O)n(C(C)c2ccccc2)n1. The number of nitrogens with zero attached hydrogens (tertiary/aromatic N) is 2. The lowest BCUT2D eigenvalue weighted by Gasteiger charge is -2.14. The third-order valence-electron chi connectivity index (χ3n) is 3.10. The summed E-state index contributed by atoms with van der Waals surface area (Å²) in [6, 6.07) is 10.8. The van der Waals surface area contributed by atoms with Gasteiger partial charge in [0.25, 0.3) is 11.8 Å². The van der Waals surface area contributed by atoms with Crippen LogP contribution >= 0.6 is 0 Å². The molecule has 0 aliphatic heterocycles. The molecule has 1 unspecified atom stereocenters. The highest BCUT2D eigenvalue weighted by atomic mass is 16.2. The summed E-state index contributed by atoms with van der Waals surface area (Å²) in [5.74, 6) is -0.970. The van der Waals surface area contributed by atoms with E-state index >= 15 is 0 Å². The number of amides is 2. The summed E-state index contributed by atoms with van der Waals surface area (Å²) < 4.78 is 1.47. The molecule has 0 saturated carbocycles. The summed E-state index contributed by atoms with van der Waals surface area (Å²) in [6.07, 6.45) is 0. The summed E-state index contributed by atoms with van der Waals surface area (Å²) in [5.41, 5.74) is 6.71. The van der Waals surface area contributed by atoms with Crippen LogP contribution in [0.5, 0.6) is 0 Å². The van der Waals surface area contributed by atoms with Crippen molar-refractivity contribution in [3.63, 3.8) is 0 Å². The first-order chi connectivity index (χ1) is 10.5. The smallest absolute Gasteiger partial charge is 0.271 e. The first-order valence-corrected chi connectivity index (χ1v) is 7.21. The van der Waals surface area contributed by atoms with Crippen LogP contribution in [0.25, 0.3) is 0 Å². The van der Waals surface area contributed by atoms with Crippen LogP contribution in [0.15, 0.2) is 36.4 Å². The van der Waals surface area contributed by atoms with Crippen molar-refractivity contribution in [2.45, 2.75) is 34.2 Å². The standard InChI is InChI=1S/C14H16N4O2.C2H6.CH4/c1-9(10-6-4-3-5-7-10)18-12(13(15)19)8-11(17-18)14(20)16-2;1-2;/h3-9H,1-2H3,(H2,15,19)(H,16,20);1-2H3;1H4. The lowest BCUT2D eigenvalue weighted by atomic mass is 10.1. The normalized spacial score (nSPS) is 10.6. The molecule has 2 rings (SSSR count). The van der Waals surface area contributed by atoms with Crippen molar-refractivity contribution in [2.75, 3.05) is 7.05 Å². The zero-order valence-corrected chi connectivity index (χ0v) is 13.3. The van der Waals surface area contributed by atoms with Crippen LogP contribution in [0.1, 0.15) is 60.8 Å². The van der Waals surface area contributed by atoms with Gasteiger partial charge in [0.05, 0.1) is 6.04 Å². The minimum atomic E-state index is -0.615. The number of rotatable bonds is 4. The minimum Gasteiger partial charge on any atom is -0.364 e. The second-order valence-corrected chi connectivity index (χ2v) is 4.39. The number of benzene rings is 1. The van der Waals surface area contributed by atoms with Crippen molar-refractivity contribution >= 4 is 11.8 Å². The molecule has 2 aromatic rings. The Morgan fingerprint density at radius 1 is 1.22 bits per heavy atom. The molecule has 0 saturated heterocycles. The van der Waals surface area contributed by atoms with Crippen molar-refractivity contribution in [3.8, 4) is 0 Å². The number of nitrogens with one attached hydrogen (secondary N) is 1. The molecule has 126 valence electrons. The predicted molar refractivity (Wildman–Crippen MR) is 92.5 cm³/mol. The third kappa shape index (κ3) is 4.67. The van der Waals surface area contributed by atoms with Crippen LogP contribution in [0.4, 0.5) is 0 Å². The fourth-order valence-electron chi connectivity index (χ4n) is 1.99. The maximum atomic E-state index is 11.6. The topological polar surface area (TPSA) is 90.0 Å². The van der Waals surface area contributed by atoms with Gasteiger partial charge in [0, 0.05) is 13.1 Å². The Balaban J connectivity index is 0.00000155. The van der Waals surface area contributed by atoms with Crippen LogP contribution < -0.4 is 11.1 Å². The molecule has 23 heavy (non-hydrogen) atoms. The summed E-state index contributed by atoms with van der Waals surface area (Å²) >= 11 is 0. The van der Waals surface area contributed by atoms with Crippen LogP contribution in [0.2, 0.25) is 0 Å².